The fraction of sp³-hybridized carbons (Fsp3) is 0.400. The van der Waals surface area contributed by atoms with E-state index >= 15 is 0 Å². The molecule has 3 heterocycles. The van der Waals surface area contributed by atoms with Gasteiger partial charge < -0.3 is 10.2 Å². The van der Waals surface area contributed by atoms with Crippen molar-refractivity contribution in [1.29, 1.82) is 0 Å². The topological polar surface area (TPSA) is 63.1 Å². The molecule has 0 spiro atoms. The Hall–Kier alpha value is -2.86. The Labute approximate surface area is 194 Å². The summed E-state index contributed by atoms with van der Waals surface area (Å²) in [7, 11) is 0. The molecule has 1 aromatic carbocycles. The maximum Gasteiger partial charge on any atom is 0.224 e. The Balaban J connectivity index is 1.38. The number of hydrogen-bond donors (Lipinski definition) is 1. The second-order valence-electron chi connectivity index (χ2n) is 8.52. The minimum atomic E-state index is -0.0298. The summed E-state index contributed by atoms with van der Waals surface area (Å²) in [6.45, 7) is 8.50. The highest BCUT2D eigenvalue weighted by molar-refractivity contribution is 6.31. The van der Waals surface area contributed by atoms with Crippen LogP contribution in [0.25, 0.3) is 5.69 Å². The molecular formula is C25H30ClN5O. The molecule has 0 bridgehead atoms. The first kappa shape index (κ1) is 22.3. The van der Waals surface area contributed by atoms with Crippen molar-refractivity contribution in [2.75, 3.05) is 18.0 Å². The van der Waals surface area contributed by atoms with Crippen LogP contribution in [0.1, 0.15) is 47.3 Å². The Morgan fingerprint density at radius 3 is 2.56 bits per heavy atom. The average Bonchev–Trinajstić information content (AvgIpc) is 3.09. The van der Waals surface area contributed by atoms with Gasteiger partial charge in [-0.2, -0.15) is 5.10 Å². The number of aromatic nitrogens is 3. The van der Waals surface area contributed by atoms with Gasteiger partial charge in [-0.3, -0.25) is 4.79 Å². The summed E-state index contributed by atoms with van der Waals surface area (Å²) >= 11 is 6.29. The average molecular weight is 452 g/mol. The molecular weight excluding hydrogens is 422 g/mol. The van der Waals surface area contributed by atoms with E-state index < -0.39 is 0 Å². The molecule has 1 saturated heterocycles. The number of carbonyl (C=O) groups excluding carboxylic acids is 1. The predicted molar refractivity (Wildman–Crippen MR) is 129 cm³/mol. The van der Waals surface area contributed by atoms with E-state index in [4.69, 9.17) is 11.6 Å². The molecule has 1 amide bonds. The zero-order valence-corrected chi connectivity index (χ0v) is 19.7. The molecule has 3 aromatic rings. The third-order valence-electron chi connectivity index (χ3n) is 6.16. The largest absolute Gasteiger partial charge is 0.357 e. The highest BCUT2D eigenvalue weighted by Gasteiger charge is 2.17. The van der Waals surface area contributed by atoms with Gasteiger partial charge in [-0.05, 0) is 69.4 Å². The number of nitrogens with one attached hydrogen (secondary N) is 1. The van der Waals surface area contributed by atoms with Gasteiger partial charge in [0.1, 0.15) is 5.82 Å². The molecule has 1 aliphatic heterocycles. The molecule has 0 aliphatic carbocycles. The molecule has 1 aliphatic rings. The van der Waals surface area contributed by atoms with E-state index in [1.54, 1.807) is 0 Å². The smallest absolute Gasteiger partial charge is 0.224 e. The first-order valence-electron chi connectivity index (χ1n) is 11.2. The van der Waals surface area contributed by atoms with Crippen molar-refractivity contribution in [3.8, 4) is 5.69 Å². The lowest BCUT2D eigenvalue weighted by molar-refractivity contribution is -0.120. The van der Waals surface area contributed by atoms with Gasteiger partial charge in [0.2, 0.25) is 5.91 Å². The number of rotatable bonds is 6. The summed E-state index contributed by atoms with van der Waals surface area (Å²) in [4.78, 5) is 19.6. The lowest BCUT2D eigenvalue weighted by Crippen LogP contribution is -2.30. The number of amides is 1. The van der Waals surface area contributed by atoms with Gasteiger partial charge in [-0.15, -0.1) is 0 Å². The van der Waals surface area contributed by atoms with Gasteiger partial charge in [0.05, 0.1) is 17.8 Å². The normalized spacial score (nSPS) is 13.9. The second-order valence-corrected chi connectivity index (χ2v) is 8.93. The van der Waals surface area contributed by atoms with Crippen LogP contribution >= 0.6 is 11.6 Å². The van der Waals surface area contributed by atoms with Crippen LogP contribution in [0, 0.1) is 20.8 Å². The number of hydrogen-bond acceptors (Lipinski definition) is 4. The Kier molecular flexibility index (Phi) is 6.80. The van der Waals surface area contributed by atoms with Crippen LogP contribution < -0.4 is 10.2 Å². The van der Waals surface area contributed by atoms with Gasteiger partial charge in [0.15, 0.2) is 0 Å². The van der Waals surface area contributed by atoms with Gasteiger partial charge in [0.25, 0.3) is 0 Å². The summed E-state index contributed by atoms with van der Waals surface area (Å²) < 4.78 is 1.85. The van der Waals surface area contributed by atoms with Crippen LogP contribution in [0.2, 0.25) is 5.02 Å². The van der Waals surface area contributed by atoms with E-state index in [1.807, 2.05) is 55.9 Å². The van der Waals surface area contributed by atoms with E-state index in [9.17, 15) is 4.79 Å². The Morgan fingerprint density at radius 2 is 1.88 bits per heavy atom. The van der Waals surface area contributed by atoms with Crippen LogP contribution in [0.4, 0.5) is 5.82 Å². The van der Waals surface area contributed by atoms with Crippen LogP contribution in [-0.2, 0) is 17.8 Å². The first-order valence-corrected chi connectivity index (χ1v) is 11.6. The quantitative estimate of drug-likeness (QED) is 0.590. The second kappa shape index (κ2) is 9.74. The van der Waals surface area contributed by atoms with E-state index in [-0.39, 0.29) is 12.3 Å². The third-order valence-corrected chi connectivity index (χ3v) is 6.56. The molecule has 1 N–H and O–H groups in total. The van der Waals surface area contributed by atoms with Crippen molar-refractivity contribution in [1.82, 2.24) is 20.1 Å². The summed E-state index contributed by atoms with van der Waals surface area (Å²) in [5.41, 5.74) is 5.66. The van der Waals surface area contributed by atoms with Crippen molar-refractivity contribution in [3.05, 3.63) is 69.6 Å². The SMILES string of the molecule is Cc1ccc(-n2nc(C)c(CC(=O)NCc3ccc(N4CCCCC4)nc3)c2C)cc1Cl. The molecule has 0 saturated carbocycles. The maximum absolute atomic E-state index is 12.7. The van der Waals surface area contributed by atoms with Crippen molar-refractivity contribution < 1.29 is 4.79 Å². The summed E-state index contributed by atoms with van der Waals surface area (Å²) in [6, 6.07) is 9.97. The van der Waals surface area contributed by atoms with Crippen LogP contribution in [0.5, 0.6) is 0 Å². The number of carbonyl (C=O) groups is 1. The molecule has 168 valence electrons. The highest BCUT2D eigenvalue weighted by atomic mass is 35.5. The van der Waals surface area contributed by atoms with Gasteiger partial charge in [-0.25, -0.2) is 9.67 Å². The van der Waals surface area contributed by atoms with Crippen LogP contribution in [0.3, 0.4) is 0 Å². The Bertz CT molecular complexity index is 1100. The van der Waals surface area contributed by atoms with Gasteiger partial charge in [0, 0.05) is 42.1 Å². The van der Waals surface area contributed by atoms with Crippen LogP contribution in [0.15, 0.2) is 36.5 Å². The third kappa shape index (κ3) is 4.96. The minimum absolute atomic E-state index is 0.0298. The lowest BCUT2D eigenvalue weighted by atomic mass is 10.1. The van der Waals surface area contributed by atoms with Crippen molar-refractivity contribution >= 4 is 23.3 Å². The number of anilines is 1. The van der Waals surface area contributed by atoms with Gasteiger partial charge in [-0.1, -0.05) is 23.7 Å². The van der Waals surface area contributed by atoms with Crippen molar-refractivity contribution in [2.45, 2.75) is 53.0 Å². The monoisotopic (exact) mass is 451 g/mol. The number of piperidine rings is 1. The molecule has 1 fully saturated rings. The summed E-state index contributed by atoms with van der Waals surface area (Å²) in [5, 5.41) is 8.36. The summed E-state index contributed by atoms with van der Waals surface area (Å²) in [5.74, 6) is 0.993. The zero-order chi connectivity index (χ0) is 22.7. The molecule has 0 unspecified atom stereocenters. The van der Waals surface area contributed by atoms with Crippen LogP contribution in [-0.4, -0.2) is 33.8 Å². The molecule has 0 radical (unpaired) electrons. The van der Waals surface area contributed by atoms with E-state index in [1.165, 1.54) is 19.3 Å². The minimum Gasteiger partial charge on any atom is -0.357 e. The van der Waals surface area contributed by atoms with E-state index in [2.05, 4.69) is 26.4 Å². The molecule has 32 heavy (non-hydrogen) atoms. The zero-order valence-electron chi connectivity index (χ0n) is 19.0. The highest BCUT2D eigenvalue weighted by Crippen LogP contribution is 2.23. The fourth-order valence-electron chi connectivity index (χ4n) is 4.15. The lowest BCUT2D eigenvalue weighted by Gasteiger charge is -2.27. The summed E-state index contributed by atoms with van der Waals surface area (Å²) in [6.07, 6.45) is 5.91. The van der Waals surface area contributed by atoms with Crippen molar-refractivity contribution in [2.24, 2.45) is 0 Å². The fourth-order valence-corrected chi connectivity index (χ4v) is 4.33. The molecule has 7 heteroatoms. The predicted octanol–water partition coefficient (Wildman–Crippen LogP) is 4.70. The van der Waals surface area contributed by atoms with Gasteiger partial charge >= 0.3 is 0 Å². The number of nitrogens with zero attached hydrogens (tertiary/aromatic N) is 4. The molecule has 2 aromatic heterocycles. The van der Waals surface area contributed by atoms with E-state index in [0.29, 0.717) is 11.6 Å². The van der Waals surface area contributed by atoms with Crippen molar-refractivity contribution in [3.63, 3.8) is 0 Å². The molecule has 0 atom stereocenters. The number of aryl methyl sites for hydroxylation is 2. The standard InChI is InChI=1S/C25H30ClN5O/c1-17-7-9-21(13-23(17)26)31-19(3)22(18(2)29-31)14-25(32)28-16-20-8-10-24(27-15-20)30-11-5-4-6-12-30/h7-10,13,15H,4-6,11-12,14,16H2,1-3H3,(H,28,32). The first-order chi connectivity index (χ1) is 15.4. The molecule has 6 nitrogen and oxygen atoms in total. The number of benzene rings is 1. The molecule has 4 rings (SSSR count). The number of pyridine rings is 1. The number of halogens is 1. The maximum atomic E-state index is 12.7. The Morgan fingerprint density at radius 1 is 1.09 bits per heavy atom. The van der Waals surface area contributed by atoms with E-state index in [0.717, 1.165) is 52.7 Å².